The van der Waals surface area contributed by atoms with Crippen LogP contribution in [-0.2, 0) is 30.7 Å². The van der Waals surface area contributed by atoms with Gasteiger partial charge in [0, 0.05) is 25.3 Å². The molecule has 176 valence electrons. The van der Waals surface area contributed by atoms with Crippen LogP contribution in [0.2, 0.25) is 5.02 Å². The quantitative estimate of drug-likeness (QED) is 0.596. The maximum absolute atomic E-state index is 13.0. The minimum atomic E-state index is -3.82. The van der Waals surface area contributed by atoms with Gasteiger partial charge in [0.2, 0.25) is 10.0 Å². The largest absolute Gasteiger partial charge is 0.449 e. The molecule has 33 heavy (non-hydrogen) atoms. The molecule has 1 saturated heterocycles. The molecule has 1 atom stereocenters. The first-order valence-corrected chi connectivity index (χ1v) is 12.6. The topological polar surface area (TPSA) is 93.2 Å². The van der Waals surface area contributed by atoms with E-state index < -0.39 is 22.1 Å². The minimum Gasteiger partial charge on any atom is -0.449 e. The van der Waals surface area contributed by atoms with E-state index in [9.17, 15) is 18.0 Å². The fourth-order valence-corrected chi connectivity index (χ4v) is 5.64. The van der Waals surface area contributed by atoms with Gasteiger partial charge in [-0.2, -0.15) is 4.31 Å². The van der Waals surface area contributed by atoms with Crippen LogP contribution in [0, 0.1) is 0 Å². The molecule has 1 amide bonds. The third-order valence-electron chi connectivity index (χ3n) is 5.77. The number of amides is 1. The van der Waals surface area contributed by atoms with Crippen molar-refractivity contribution in [2.24, 2.45) is 0 Å². The SMILES string of the molecule is C[C@H](OC(=O)c1cc(S(=O)(=O)N2CCOCC2)ccc1Cl)C(=O)N1CCCc2ccccc21. The van der Waals surface area contributed by atoms with Gasteiger partial charge in [-0.3, -0.25) is 4.79 Å². The van der Waals surface area contributed by atoms with Crippen LogP contribution in [0.4, 0.5) is 5.69 Å². The molecule has 10 heteroatoms. The van der Waals surface area contributed by atoms with Crippen LogP contribution in [-0.4, -0.2) is 63.6 Å². The second-order valence-electron chi connectivity index (χ2n) is 7.93. The lowest BCUT2D eigenvalue weighted by atomic mass is 10.0. The van der Waals surface area contributed by atoms with E-state index in [-0.39, 0.29) is 34.5 Å². The van der Waals surface area contributed by atoms with Gasteiger partial charge in [0.15, 0.2) is 6.10 Å². The number of benzene rings is 2. The molecule has 0 aliphatic carbocycles. The van der Waals surface area contributed by atoms with E-state index in [0.29, 0.717) is 19.8 Å². The maximum atomic E-state index is 13.0. The van der Waals surface area contributed by atoms with E-state index in [1.54, 1.807) is 4.90 Å². The van der Waals surface area contributed by atoms with Crippen LogP contribution in [0.3, 0.4) is 0 Å². The summed E-state index contributed by atoms with van der Waals surface area (Å²) in [6.45, 7) is 3.11. The first-order chi connectivity index (χ1) is 15.8. The van der Waals surface area contributed by atoms with Gasteiger partial charge in [0.1, 0.15) is 0 Å². The normalized spacial score (nSPS) is 17.8. The van der Waals surface area contributed by atoms with Crippen molar-refractivity contribution in [3.8, 4) is 0 Å². The number of carbonyl (C=O) groups excluding carboxylic acids is 2. The van der Waals surface area contributed by atoms with E-state index in [4.69, 9.17) is 21.1 Å². The van der Waals surface area contributed by atoms with E-state index >= 15 is 0 Å². The number of rotatable bonds is 5. The molecule has 0 saturated carbocycles. The minimum absolute atomic E-state index is 0.0453. The van der Waals surface area contributed by atoms with Gasteiger partial charge in [0.05, 0.1) is 28.7 Å². The van der Waals surface area contributed by atoms with Gasteiger partial charge in [-0.25, -0.2) is 13.2 Å². The van der Waals surface area contributed by atoms with Crippen LogP contribution in [0.1, 0.15) is 29.3 Å². The summed E-state index contributed by atoms with van der Waals surface area (Å²) in [7, 11) is -3.82. The number of esters is 1. The summed E-state index contributed by atoms with van der Waals surface area (Å²) >= 11 is 6.18. The van der Waals surface area contributed by atoms with Gasteiger partial charge >= 0.3 is 5.97 Å². The summed E-state index contributed by atoms with van der Waals surface area (Å²) in [4.78, 5) is 27.5. The van der Waals surface area contributed by atoms with E-state index in [1.165, 1.54) is 29.4 Å². The Labute approximate surface area is 198 Å². The Morgan fingerprint density at radius 2 is 1.82 bits per heavy atom. The van der Waals surface area contributed by atoms with Crippen molar-refractivity contribution < 1.29 is 27.5 Å². The fourth-order valence-electron chi connectivity index (χ4n) is 4.01. The molecule has 0 unspecified atom stereocenters. The van der Waals surface area contributed by atoms with Crippen molar-refractivity contribution in [2.75, 3.05) is 37.7 Å². The summed E-state index contributed by atoms with van der Waals surface area (Å²) < 4.78 is 37.8. The number of sulfonamides is 1. The number of nitrogens with zero attached hydrogens (tertiary/aromatic N) is 2. The van der Waals surface area contributed by atoms with Crippen LogP contribution in [0.15, 0.2) is 47.4 Å². The summed E-state index contributed by atoms with van der Waals surface area (Å²) in [6.07, 6.45) is 0.629. The predicted molar refractivity (Wildman–Crippen MR) is 123 cm³/mol. The summed E-state index contributed by atoms with van der Waals surface area (Å²) in [5.74, 6) is -1.20. The highest BCUT2D eigenvalue weighted by Gasteiger charge is 2.31. The second-order valence-corrected chi connectivity index (χ2v) is 10.3. The Kier molecular flexibility index (Phi) is 7.04. The number of para-hydroxylation sites is 1. The standard InChI is InChI=1S/C23H25ClN2O6S/c1-16(22(27)26-10-4-6-17-5-2-3-7-21(17)26)32-23(28)19-15-18(8-9-20(19)24)33(29,30)25-11-13-31-14-12-25/h2-3,5,7-9,15-16H,4,6,10-14H2,1H3/t16-/m0/s1. The number of hydrogen-bond acceptors (Lipinski definition) is 6. The highest BCUT2D eigenvalue weighted by molar-refractivity contribution is 7.89. The van der Waals surface area contributed by atoms with E-state index in [2.05, 4.69) is 0 Å². The third kappa shape index (κ3) is 4.91. The Balaban J connectivity index is 1.52. The molecule has 2 aliphatic rings. The number of hydrogen-bond donors (Lipinski definition) is 0. The summed E-state index contributed by atoms with van der Waals surface area (Å²) in [5, 5.41) is 0.0453. The first kappa shape index (κ1) is 23.7. The van der Waals surface area contributed by atoms with Crippen LogP contribution in [0.25, 0.3) is 0 Å². The maximum Gasteiger partial charge on any atom is 0.340 e. The molecule has 0 spiro atoms. The van der Waals surface area contributed by atoms with Gasteiger partial charge in [0.25, 0.3) is 5.91 Å². The molecular weight excluding hydrogens is 468 g/mol. The molecule has 2 aliphatic heterocycles. The summed E-state index contributed by atoms with van der Waals surface area (Å²) in [5.41, 5.74) is 1.78. The Morgan fingerprint density at radius 3 is 2.58 bits per heavy atom. The van der Waals surface area contributed by atoms with Crippen molar-refractivity contribution in [3.63, 3.8) is 0 Å². The zero-order chi connectivity index (χ0) is 23.6. The van der Waals surface area contributed by atoms with Crippen LogP contribution < -0.4 is 4.90 Å². The summed E-state index contributed by atoms with van der Waals surface area (Å²) in [6, 6.07) is 11.5. The Bertz CT molecular complexity index is 1160. The molecule has 2 aromatic rings. The first-order valence-electron chi connectivity index (χ1n) is 10.8. The van der Waals surface area contributed by atoms with Crippen molar-refractivity contribution in [3.05, 3.63) is 58.6 Å². The molecule has 0 radical (unpaired) electrons. The number of ether oxygens (including phenoxy) is 2. The average molecular weight is 493 g/mol. The molecule has 1 fully saturated rings. The lowest BCUT2D eigenvalue weighted by molar-refractivity contribution is -0.126. The highest BCUT2D eigenvalue weighted by atomic mass is 35.5. The van der Waals surface area contributed by atoms with E-state index in [1.807, 2.05) is 24.3 Å². The fraction of sp³-hybridized carbons (Fsp3) is 0.391. The predicted octanol–water partition coefficient (Wildman–Crippen LogP) is 2.89. The number of morpholine rings is 1. The van der Waals surface area contributed by atoms with Gasteiger partial charge in [-0.15, -0.1) is 0 Å². The van der Waals surface area contributed by atoms with Crippen molar-refractivity contribution >= 4 is 39.2 Å². The average Bonchev–Trinajstić information content (AvgIpc) is 2.83. The molecule has 4 rings (SSSR count). The number of halogens is 1. The number of fused-ring (bicyclic) bond motifs is 1. The molecule has 2 aromatic carbocycles. The molecule has 0 aromatic heterocycles. The van der Waals surface area contributed by atoms with Crippen molar-refractivity contribution in [1.82, 2.24) is 4.31 Å². The number of anilines is 1. The molecule has 0 bridgehead atoms. The third-order valence-corrected chi connectivity index (χ3v) is 8.00. The zero-order valence-corrected chi connectivity index (χ0v) is 19.8. The molecule has 0 N–H and O–H groups in total. The van der Waals surface area contributed by atoms with E-state index in [0.717, 1.165) is 24.1 Å². The Hall–Kier alpha value is -2.46. The molecule has 8 nitrogen and oxygen atoms in total. The lowest BCUT2D eigenvalue weighted by Crippen LogP contribution is -2.42. The van der Waals surface area contributed by atoms with Crippen LogP contribution in [0.5, 0.6) is 0 Å². The molecular formula is C23H25ClN2O6S. The highest BCUT2D eigenvalue weighted by Crippen LogP contribution is 2.28. The van der Waals surface area contributed by atoms with Gasteiger partial charge in [-0.1, -0.05) is 29.8 Å². The lowest BCUT2D eigenvalue weighted by Gasteiger charge is -2.31. The zero-order valence-electron chi connectivity index (χ0n) is 18.2. The van der Waals surface area contributed by atoms with Crippen molar-refractivity contribution in [2.45, 2.75) is 30.8 Å². The number of aryl methyl sites for hydroxylation is 1. The monoisotopic (exact) mass is 492 g/mol. The second kappa shape index (κ2) is 9.80. The number of carbonyl (C=O) groups is 2. The molecule has 2 heterocycles. The van der Waals surface area contributed by atoms with Crippen LogP contribution >= 0.6 is 11.6 Å². The smallest absolute Gasteiger partial charge is 0.340 e. The Morgan fingerprint density at radius 1 is 1.09 bits per heavy atom. The van der Waals surface area contributed by atoms with Gasteiger partial charge < -0.3 is 14.4 Å². The van der Waals surface area contributed by atoms with Gasteiger partial charge in [-0.05, 0) is 49.6 Å². The van der Waals surface area contributed by atoms with Crippen molar-refractivity contribution in [1.29, 1.82) is 0 Å².